The Morgan fingerprint density at radius 1 is 1.33 bits per heavy atom. The minimum Gasteiger partial charge on any atom is -0.318 e. The van der Waals surface area contributed by atoms with Gasteiger partial charge in [-0.3, -0.25) is 4.68 Å². The zero-order valence-corrected chi connectivity index (χ0v) is 14.2. The predicted molar refractivity (Wildman–Crippen MR) is 82.8 cm³/mol. The van der Waals surface area contributed by atoms with Crippen LogP contribution in [0.5, 0.6) is 0 Å². The molecule has 7 heteroatoms. The van der Waals surface area contributed by atoms with E-state index in [0.29, 0.717) is 29.4 Å². The molecule has 2 N–H and O–H groups in total. The molecule has 0 amide bonds. The van der Waals surface area contributed by atoms with Gasteiger partial charge in [-0.25, -0.2) is 13.1 Å². The molecule has 120 valence electrons. The van der Waals surface area contributed by atoms with Crippen molar-refractivity contribution >= 4 is 10.0 Å². The van der Waals surface area contributed by atoms with Crippen LogP contribution in [0.2, 0.25) is 0 Å². The van der Waals surface area contributed by atoms with Gasteiger partial charge in [0.25, 0.3) is 0 Å². The van der Waals surface area contributed by atoms with Crippen molar-refractivity contribution in [1.29, 1.82) is 0 Å². The molecule has 0 saturated heterocycles. The number of likely N-dealkylation sites (N-methyl/N-ethyl adjacent to an activating group) is 1. The van der Waals surface area contributed by atoms with Gasteiger partial charge in [0.05, 0.1) is 17.9 Å². The number of nitrogens with zero attached hydrogens (tertiary/aromatic N) is 2. The van der Waals surface area contributed by atoms with Crippen molar-refractivity contribution in [2.24, 2.45) is 5.41 Å². The molecule has 0 atom stereocenters. The number of aromatic nitrogens is 2. The number of hydrogen-bond donors (Lipinski definition) is 2. The van der Waals surface area contributed by atoms with Gasteiger partial charge in [0.15, 0.2) is 0 Å². The van der Waals surface area contributed by atoms with Crippen LogP contribution in [0.4, 0.5) is 0 Å². The summed E-state index contributed by atoms with van der Waals surface area (Å²) in [4.78, 5) is 0.338. The highest BCUT2D eigenvalue weighted by Gasteiger charge is 2.41. The number of nitrogens with one attached hydrogen (secondary N) is 2. The second kappa shape index (κ2) is 6.06. The molecule has 6 nitrogen and oxygen atoms in total. The van der Waals surface area contributed by atoms with Crippen LogP contribution in [-0.4, -0.2) is 38.3 Å². The van der Waals surface area contributed by atoms with Gasteiger partial charge in [-0.05, 0) is 45.6 Å². The Balaban J connectivity index is 2.17. The standard InChI is InChI=1S/C14H26N4O2S/c1-5-14(6-7-14)10-16-21(19,20)13-11(2)17-18(12(13)3)9-8-15-4/h15-16H,5-10H2,1-4H3. The third-order valence-electron chi connectivity index (χ3n) is 4.50. The zero-order chi connectivity index (χ0) is 15.7. The normalized spacial score (nSPS) is 17.1. The molecule has 1 aliphatic rings. The molecule has 1 fully saturated rings. The quantitative estimate of drug-likeness (QED) is 0.756. The second-order valence-corrected chi connectivity index (χ2v) is 7.71. The summed E-state index contributed by atoms with van der Waals surface area (Å²) in [7, 11) is -1.62. The van der Waals surface area contributed by atoms with Gasteiger partial charge in [-0.2, -0.15) is 5.10 Å². The van der Waals surface area contributed by atoms with Crippen LogP contribution < -0.4 is 10.0 Å². The number of rotatable bonds is 8. The summed E-state index contributed by atoms with van der Waals surface area (Å²) in [6, 6.07) is 0. The highest BCUT2D eigenvalue weighted by molar-refractivity contribution is 7.89. The van der Waals surface area contributed by atoms with Crippen molar-refractivity contribution in [3.05, 3.63) is 11.4 Å². The lowest BCUT2D eigenvalue weighted by Gasteiger charge is -2.14. The SMILES string of the molecule is CCC1(CNS(=O)(=O)c2c(C)nn(CCNC)c2C)CC1. The minimum atomic E-state index is -3.48. The third kappa shape index (κ3) is 3.46. The highest BCUT2D eigenvalue weighted by atomic mass is 32.2. The van der Waals surface area contributed by atoms with Crippen LogP contribution in [0.1, 0.15) is 37.6 Å². The van der Waals surface area contributed by atoms with Crippen molar-refractivity contribution in [2.75, 3.05) is 20.1 Å². The van der Waals surface area contributed by atoms with Crippen LogP contribution in [0.25, 0.3) is 0 Å². The van der Waals surface area contributed by atoms with E-state index in [1.807, 2.05) is 14.0 Å². The van der Waals surface area contributed by atoms with Gasteiger partial charge >= 0.3 is 0 Å². The number of aryl methyl sites for hydroxylation is 1. The molecule has 1 aliphatic carbocycles. The number of hydrogen-bond acceptors (Lipinski definition) is 4. The van der Waals surface area contributed by atoms with Crippen molar-refractivity contribution in [3.63, 3.8) is 0 Å². The molecule has 0 bridgehead atoms. The molecule has 1 saturated carbocycles. The first-order valence-corrected chi connectivity index (χ1v) is 9.02. The molecule has 21 heavy (non-hydrogen) atoms. The Morgan fingerprint density at radius 3 is 2.52 bits per heavy atom. The Kier molecular flexibility index (Phi) is 4.75. The maximum absolute atomic E-state index is 12.6. The first-order valence-electron chi connectivity index (χ1n) is 7.53. The average molecular weight is 314 g/mol. The summed E-state index contributed by atoms with van der Waals surface area (Å²) in [6.07, 6.45) is 3.26. The fraction of sp³-hybridized carbons (Fsp3) is 0.786. The highest BCUT2D eigenvalue weighted by Crippen LogP contribution is 2.48. The van der Waals surface area contributed by atoms with Gasteiger partial charge in [0.1, 0.15) is 4.90 Å². The monoisotopic (exact) mass is 314 g/mol. The molecular formula is C14H26N4O2S. The van der Waals surface area contributed by atoms with Crippen molar-refractivity contribution < 1.29 is 8.42 Å². The smallest absolute Gasteiger partial charge is 0.244 e. The van der Waals surface area contributed by atoms with Crippen LogP contribution in [0, 0.1) is 19.3 Å². The molecule has 0 radical (unpaired) electrons. The van der Waals surface area contributed by atoms with E-state index >= 15 is 0 Å². The molecule has 1 aromatic heterocycles. The van der Waals surface area contributed by atoms with E-state index in [1.54, 1.807) is 11.6 Å². The number of sulfonamides is 1. The van der Waals surface area contributed by atoms with Crippen LogP contribution in [-0.2, 0) is 16.6 Å². The van der Waals surface area contributed by atoms with E-state index < -0.39 is 10.0 Å². The maximum Gasteiger partial charge on any atom is 0.244 e. The summed E-state index contributed by atoms with van der Waals surface area (Å²) in [5, 5.41) is 7.40. The van der Waals surface area contributed by atoms with Gasteiger partial charge < -0.3 is 5.32 Å². The molecule has 0 aromatic carbocycles. The lowest BCUT2D eigenvalue weighted by Crippen LogP contribution is -2.30. The fourth-order valence-electron chi connectivity index (χ4n) is 2.66. The van der Waals surface area contributed by atoms with E-state index in [4.69, 9.17) is 0 Å². The van der Waals surface area contributed by atoms with Gasteiger partial charge in [-0.15, -0.1) is 0 Å². The molecule has 0 unspecified atom stereocenters. The average Bonchev–Trinajstić information content (AvgIpc) is 3.16. The largest absolute Gasteiger partial charge is 0.318 e. The lowest BCUT2D eigenvalue weighted by atomic mass is 10.1. The Hall–Kier alpha value is -0.920. The molecule has 1 aromatic rings. The summed E-state index contributed by atoms with van der Waals surface area (Å²) in [5.41, 5.74) is 1.46. The Labute approximate surface area is 127 Å². The molecular weight excluding hydrogens is 288 g/mol. The van der Waals surface area contributed by atoms with E-state index in [0.717, 1.165) is 25.8 Å². The zero-order valence-electron chi connectivity index (χ0n) is 13.4. The molecule has 0 aliphatic heterocycles. The van der Waals surface area contributed by atoms with Gasteiger partial charge in [0.2, 0.25) is 10.0 Å². The first kappa shape index (κ1) is 16.5. The summed E-state index contributed by atoms with van der Waals surface area (Å²) < 4.78 is 29.7. The Bertz CT molecular complexity index is 603. The topological polar surface area (TPSA) is 76.0 Å². The lowest BCUT2D eigenvalue weighted by molar-refractivity contribution is 0.475. The van der Waals surface area contributed by atoms with E-state index in [1.165, 1.54) is 0 Å². The molecule has 2 rings (SSSR count). The van der Waals surface area contributed by atoms with Crippen LogP contribution in [0.3, 0.4) is 0 Å². The van der Waals surface area contributed by atoms with Crippen molar-refractivity contribution in [2.45, 2.75) is 51.5 Å². The van der Waals surface area contributed by atoms with Gasteiger partial charge in [0, 0.05) is 13.1 Å². The maximum atomic E-state index is 12.6. The molecule has 0 spiro atoms. The van der Waals surface area contributed by atoms with Crippen LogP contribution >= 0.6 is 0 Å². The van der Waals surface area contributed by atoms with Crippen LogP contribution in [0.15, 0.2) is 4.90 Å². The minimum absolute atomic E-state index is 0.191. The predicted octanol–water partition coefficient (Wildman–Crippen LogP) is 1.19. The van der Waals surface area contributed by atoms with Crippen molar-refractivity contribution in [1.82, 2.24) is 19.8 Å². The summed E-state index contributed by atoms with van der Waals surface area (Å²) in [5.74, 6) is 0. The third-order valence-corrected chi connectivity index (χ3v) is 6.15. The van der Waals surface area contributed by atoms with Crippen molar-refractivity contribution in [3.8, 4) is 0 Å². The van der Waals surface area contributed by atoms with E-state index in [9.17, 15) is 8.42 Å². The van der Waals surface area contributed by atoms with E-state index in [2.05, 4.69) is 22.1 Å². The molecule has 1 heterocycles. The van der Waals surface area contributed by atoms with E-state index in [-0.39, 0.29) is 5.41 Å². The fourth-order valence-corrected chi connectivity index (χ4v) is 4.22. The second-order valence-electron chi connectivity index (χ2n) is 6.00. The first-order chi connectivity index (χ1) is 9.85. The van der Waals surface area contributed by atoms with Gasteiger partial charge in [-0.1, -0.05) is 6.92 Å². The summed E-state index contributed by atoms with van der Waals surface area (Å²) in [6.45, 7) is 7.65. The summed E-state index contributed by atoms with van der Waals surface area (Å²) >= 11 is 0. The Morgan fingerprint density at radius 2 is 2.00 bits per heavy atom.